The summed E-state index contributed by atoms with van der Waals surface area (Å²) < 4.78 is 5.59. The van der Waals surface area contributed by atoms with Crippen LogP contribution in [-0.2, 0) is 4.79 Å². The van der Waals surface area contributed by atoms with Crippen molar-refractivity contribution < 1.29 is 18.8 Å². The molecule has 0 saturated carbocycles. The van der Waals surface area contributed by atoms with E-state index in [1.807, 2.05) is 18.2 Å². The lowest BCUT2D eigenvalue weighted by molar-refractivity contribution is -0.124. The van der Waals surface area contributed by atoms with Gasteiger partial charge in [-0.3, -0.25) is 25.2 Å². The zero-order valence-electron chi connectivity index (χ0n) is 16.8. The number of hydrogen-bond donors (Lipinski definition) is 3. The van der Waals surface area contributed by atoms with Gasteiger partial charge in [0.15, 0.2) is 5.76 Å². The average Bonchev–Trinajstić information content (AvgIpc) is 3.07. The number of fused-ring (bicyclic) bond motifs is 1. The molecule has 2 aromatic carbocycles. The minimum Gasteiger partial charge on any atom is -0.451 e. The molecule has 0 spiro atoms. The smallest absolute Gasteiger partial charge is 0.305 e. The first-order chi connectivity index (χ1) is 14.3. The number of amides is 3. The molecule has 156 valence electrons. The second-order valence-corrected chi connectivity index (χ2v) is 7.58. The zero-order chi connectivity index (χ0) is 21.8. The molecule has 0 bridgehead atoms. The van der Waals surface area contributed by atoms with Gasteiger partial charge in [-0.05, 0) is 31.0 Å². The van der Waals surface area contributed by atoms with E-state index in [4.69, 9.17) is 16.0 Å². The maximum Gasteiger partial charge on any atom is 0.305 e. The minimum absolute atomic E-state index is 0.109. The molecular formula is C22H22ClN3O4. The Morgan fingerprint density at radius 2 is 1.60 bits per heavy atom. The van der Waals surface area contributed by atoms with Crippen molar-refractivity contribution in [1.29, 1.82) is 0 Å². The number of hydrazine groups is 1. The first-order valence-corrected chi connectivity index (χ1v) is 9.81. The molecule has 1 heterocycles. The highest BCUT2D eigenvalue weighted by Crippen LogP contribution is 2.24. The van der Waals surface area contributed by atoms with Crippen LogP contribution in [0.3, 0.4) is 0 Å². The molecule has 3 aromatic rings. The third-order valence-corrected chi connectivity index (χ3v) is 5.03. The van der Waals surface area contributed by atoms with E-state index in [1.165, 1.54) is 0 Å². The second-order valence-electron chi connectivity index (χ2n) is 7.17. The monoisotopic (exact) mass is 427 g/mol. The van der Waals surface area contributed by atoms with Gasteiger partial charge in [0.05, 0.1) is 10.6 Å². The van der Waals surface area contributed by atoms with Gasteiger partial charge in [-0.25, -0.2) is 0 Å². The normalized spacial score (nSPS) is 11.9. The van der Waals surface area contributed by atoms with E-state index in [2.05, 4.69) is 16.2 Å². The molecule has 0 aliphatic rings. The maximum atomic E-state index is 12.6. The third kappa shape index (κ3) is 4.46. The van der Waals surface area contributed by atoms with Crippen LogP contribution in [0.5, 0.6) is 0 Å². The number of hydrogen-bond acceptors (Lipinski definition) is 4. The van der Waals surface area contributed by atoms with E-state index in [1.54, 1.807) is 51.1 Å². The van der Waals surface area contributed by atoms with Crippen LogP contribution < -0.4 is 16.2 Å². The Morgan fingerprint density at radius 1 is 0.933 bits per heavy atom. The predicted octanol–water partition coefficient (Wildman–Crippen LogP) is 3.61. The van der Waals surface area contributed by atoms with Gasteiger partial charge in [-0.2, -0.15) is 0 Å². The van der Waals surface area contributed by atoms with E-state index in [0.717, 1.165) is 5.39 Å². The van der Waals surface area contributed by atoms with E-state index in [-0.39, 0.29) is 22.3 Å². The van der Waals surface area contributed by atoms with E-state index >= 15 is 0 Å². The molecule has 3 amide bonds. The molecule has 0 fully saturated rings. The number of aryl methyl sites for hydroxylation is 1. The van der Waals surface area contributed by atoms with Gasteiger partial charge < -0.3 is 9.73 Å². The molecule has 1 atom stereocenters. The van der Waals surface area contributed by atoms with Gasteiger partial charge in [0.25, 0.3) is 11.8 Å². The molecule has 0 saturated heterocycles. The summed E-state index contributed by atoms with van der Waals surface area (Å²) in [4.78, 5) is 37.6. The lowest BCUT2D eigenvalue weighted by Crippen LogP contribution is -2.54. The fourth-order valence-corrected chi connectivity index (χ4v) is 3.26. The van der Waals surface area contributed by atoms with Gasteiger partial charge in [0.2, 0.25) is 0 Å². The van der Waals surface area contributed by atoms with Crippen molar-refractivity contribution in [2.45, 2.75) is 26.8 Å². The summed E-state index contributed by atoms with van der Waals surface area (Å²) in [5, 5.41) is 3.76. The molecular weight excluding hydrogens is 406 g/mol. The van der Waals surface area contributed by atoms with Crippen LogP contribution in [0, 0.1) is 12.8 Å². The minimum atomic E-state index is -0.883. The topological polar surface area (TPSA) is 100 Å². The first-order valence-electron chi connectivity index (χ1n) is 9.43. The van der Waals surface area contributed by atoms with E-state index < -0.39 is 23.8 Å². The number of benzene rings is 2. The number of rotatable bonds is 5. The van der Waals surface area contributed by atoms with Crippen LogP contribution in [0.1, 0.15) is 40.3 Å². The molecule has 0 radical (unpaired) electrons. The molecule has 3 N–H and O–H groups in total. The third-order valence-electron chi connectivity index (χ3n) is 4.70. The van der Waals surface area contributed by atoms with Crippen molar-refractivity contribution in [2.75, 3.05) is 0 Å². The van der Waals surface area contributed by atoms with Gasteiger partial charge >= 0.3 is 5.91 Å². The summed E-state index contributed by atoms with van der Waals surface area (Å²) in [5.74, 6) is -1.75. The highest BCUT2D eigenvalue weighted by molar-refractivity contribution is 6.33. The van der Waals surface area contributed by atoms with Crippen LogP contribution in [-0.4, -0.2) is 23.8 Å². The summed E-state index contributed by atoms with van der Waals surface area (Å²) in [7, 11) is 0. The summed E-state index contributed by atoms with van der Waals surface area (Å²) in [6.45, 7) is 5.33. The molecule has 0 unspecified atom stereocenters. The van der Waals surface area contributed by atoms with Crippen molar-refractivity contribution in [3.8, 4) is 0 Å². The van der Waals surface area contributed by atoms with Crippen LogP contribution in [0.4, 0.5) is 0 Å². The van der Waals surface area contributed by atoms with Crippen LogP contribution in [0.2, 0.25) is 5.02 Å². The largest absolute Gasteiger partial charge is 0.451 e. The Hall–Kier alpha value is -3.32. The van der Waals surface area contributed by atoms with Crippen molar-refractivity contribution >= 4 is 40.3 Å². The Bertz CT molecular complexity index is 1110. The highest BCUT2D eigenvalue weighted by Gasteiger charge is 2.26. The Balaban J connectivity index is 1.67. The molecule has 1 aromatic heterocycles. The number of halogens is 1. The molecule has 0 aliphatic heterocycles. The van der Waals surface area contributed by atoms with Gasteiger partial charge in [0, 0.05) is 10.9 Å². The van der Waals surface area contributed by atoms with Crippen molar-refractivity contribution in [2.24, 2.45) is 5.92 Å². The summed E-state index contributed by atoms with van der Waals surface area (Å²) in [5.41, 5.74) is 6.23. The Kier molecular flexibility index (Phi) is 6.42. The van der Waals surface area contributed by atoms with Gasteiger partial charge in [0.1, 0.15) is 11.6 Å². The lowest BCUT2D eigenvalue weighted by atomic mass is 10.0. The standard InChI is InChI=1S/C22H22ClN3O4/c1-12(2)18(24-20(27)15-9-4-6-10-16(15)23)21(28)25-26-22(29)19-13(3)14-8-5-7-11-17(14)30-19/h4-12,18H,1-3H3,(H,24,27)(H,25,28)(H,26,29)/t18-/m0/s1. The molecule has 7 nitrogen and oxygen atoms in total. The highest BCUT2D eigenvalue weighted by atomic mass is 35.5. The summed E-state index contributed by atoms with van der Waals surface area (Å²) in [6, 6.07) is 12.9. The first kappa shape index (κ1) is 21.4. The van der Waals surface area contributed by atoms with Crippen molar-refractivity contribution in [3.63, 3.8) is 0 Å². The summed E-state index contributed by atoms with van der Waals surface area (Å²) >= 11 is 6.05. The zero-order valence-corrected chi connectivity index (χ0v) is 17.5. The molecule has 0 aliphatic carbocycles. The van der Waals surface area contributed by atoms with Crippen molar-refractivity contribution in [3.05, 3.63) is 70.4 Å². The molecule has 30 heavy (non-hydrogen) atoms. The summed E-state index contributed by atoms with van der Waals surface area (Å²) in [6.07, 6.45) is 0. The number of carbonyl (C=O) groups is 3. The number of carbonyl (C=O) groups excluding carboxylic acids is 3. The van der Waals surface area contributed by atoms with Crippen molar-refractivity contribution in [1.82, 2.24) is 16.2 Å². The SMILES string of the molecule is Cc1c(C(=O)NNC(=O)[C@@H](NC(=O)c2ccccc2Cl)C(C)C)oc2ccccc12. The maximum absolute atomic E-state index is 12.6. The van der Waals surface area contributed by atoms with E-state index in [0.29, 0.717) is 11.1 Å². The van der Waals surface area contributed by atoms with Crippen LogP contribution in [0.25, 0.3) is 11.0 Å². The average molecular weight is 428 g/mol. The molecule has 8 heteroatoms. The van der Waals surface area contributed by atoms with Crippen LogP contribution in [0.15, 0.2) is 52.9 Å². The Morgan fingerprint density at radius 3 is 2.27 bits per heavy atom. The quantitative estimate of drug-likeness (QED) is 0.541. The molecule has 3 rings (SSSR count). The lowest BCUT2D eigenvalue weighted by Gasteiger charge is -2.22. The predicted molar refractivity (Wildman–Crippen MR) is 114 cm³/mol. The van der Waals surface area contributed by atoms with Gasteiger partial charge in [-0.15, -0.1) is 0 Å². The van der Waals surface area contributed by atoms with Gasteiger partial charge in [-0.1, -0.05) is 55.8 Å². The number of nitrogens with one attached hydrogen (secondary N) is 3. The fraction of sp³-hybridized carbons (Fsp3) is 0.227. The number of furan rings is 1. The van der Waals surface area contributed by atoms with E-state index in [9.17, 15) is 14.4 Å². The number of para-hydroxylation sites is 1. The second kappa shape index (κ2) is 9.00. The fourth-order valence-electron chi connectivity index (χ4n) is 3.04. The van der Waals surface area contributed by atoms with Crippen LogP contribution >= 0.6 is 11.6 Å². The Labute approximate surface area is 178 Å².